The summed E-state index contributed by atoms with van der Waals surface area (Å²) in [5.74, 6) is 0.161. The van der Waals surface area contributed by atoms with Crippen LogP contribution in [0.15, 0.2) is 29.6 Å². The molecule has 1 aliphatic heterocycles. The fourth-order valence-corrected chi connectivity index (χ4v) is 4.17. The lowest BCUT2D eigenvalue weighted by molar-refractivity contribution is 0.0760. The van der Waals surface area contributed by atoms with Gasteiger partial charge in [0.15, 0.2) is 0 Å². The van der Waals surface area contributed by atoms with Crippen molar-refractivity contribution in [3.8, 4) is 0 Å². The van der Waals surface area contributed by atoms with Gasteiger partial charge in [0.05, 0.1) is 10.7 Å². The van der Waals surface area contributed by atoms with Gasteiger partial charge < -0.3 is 4.90 Å². The van der Waals surface area contributed by atoms with Gasteiger partial charge in [0.2, 0.25) is 0 Å². The lowest BCUT2D eigenvalue weighted by Gasteiger charge is -2.22. The van der Waals surface area contributed by atoms with Crippen molar-refractivity contribution in [1.29, 1.82) is 0 Å². The summed E-state index contributed by atoms with van der Waals surface area (Å²) in [6.07, 6.45) is 1.01. The Kier molecular flexibility index (Phi) is 5.78. The molecule has 3 rings (SSSR count). The molecule has 0 atom stereocenters. The summed E-state index contributed by atoms with van der Waals surface area (Å²) in [7, 11) is 0. The topological polar surface area (TPSA) is 36.4 Å². The Morgan fingerprint density at radius 3 is 2.62 bits per heavy atom. The standard InChI is InChI=1S/C21H29N3OS/c1-16-8-5-6-9-18(16)19(25)24-11-7-10-23(12-13-24)14-17-15-26-20(22-17)21(2,3)4/h5-6,8-9,15H,7,10-14H2,1-4H3. The van der Waals surface area contributed by atoms with E-state index < -0.39 is 0 Å². The summed E-state index contributed by atoms with van der Waals surface area (Å²) in [4.78, 5) is 22.1. The zero-order valence-corrected chi connectivity index (χ0v) is 17.1. The van der Waals surface area contributed by atoms with E-state index in [0.29, 0.717) is 0 Å². The van der Waals surface area contributed by atoms with Gasteiger partial charge in [0.25, 0.3) is 5.91 Å². The third-order valence-electron chi connectivity index (χ3n) is 4.83. The van der Waals surface area contributed by atoms with Crippen LogP contribution in [0.3, 0.4) is 0 Å². The lowest BCUT2D eigenvalue weighted by Crippen LogP contribution is -2.35. The molecule has 0 bridgehead atoms. The molecule has 5 heteroatoms. The highest BCUT2D eigenvalue weighted by atomic mass is 32.1. The van der Waals surface area contributed by atoms with Crippen LogP contribution >= 0.6 is 11.3 Å². The summed E-state index contributed by atoms with van der Waals surface area (Å²) in [5.41, 5.74) is 3.14. The van der Waals surface area contributed by atoms with Gasteiger partial charge in [-0.2, -0.15) is 0 Å². The van der Waals surface area contributed by atoms with Crippen molar-refractivity contribution < 1.29 is 4.79 Å². The number of carbonyl (C=O) groups is 1. The summed E-state index contributed by atoms with van der Waals surface area (Å²) in [5, 5.41) is 3.38. The zero-order chi connectivity index (χ0) is 18.7. The number of carbonyl (C=O) groups excluding carboxylic acids is 1. The van der Waals surface area contributed by atoms with Gasteiger partial charge in [-0.05, 0) is 25.0 Å². The fraction of sp³-hybridized carbons (Fsp3) is 0.524. The first-order chi connectivity index (χ1) is 12.3. The molecule has 0 unspecified atom stereocenters. The van der Waals surface area contributed by atoms with Crippen LogP contribution in [0.4, 0.5) is 0 Å². The number of amides is 1. The molecular weight excluding hydrogens is 342 g/mol. The molecule has 0 aliphatic carbocycles. The highest BCUT2D eigenvalue weighted by molar-refractivity contribution is 7.09. The van der Waals surface area contributed by atoms with Crippen molar-refractivity contribution in [3.63, 3.8) is 0 Å². The normalized spacial score (nSPS) is 16.5. The van der Waals surface area contributed by atoms with Crippen LogP contribution in [0.2, 0.25) is 0 Å². The van der Waals surface area contributed by atoms with Crippen LogP contribution in [0, 0.1) is 6.92 Å². The highest BCUT2D eigenvalue weighted by Gasteiger charge is 2.23. The van der Waals surface area contributed by atoms with Crippen molar-refractivity contribution in [2.75, 3.05) is 26.2 Å². The first kappa shape index (κ1) is 19.1. The van der Waals surface area contributed by atoms with Crippen LogP contribution in [0.25, 0.3) is 0 Å². The summed E-state index contributed by atoms with van der Waals surface area (Å²) >= 11 is 1.75. The third-order valence-corrected chi connectivity index (χ3v) is 6.15. The molecule has 0 radical (unpaired) electrons. The van der Waals surface area contributed by atoms with Crippen molar-refractivity contribution >= 4 is 17.2 Å². The summed E-state index contributed by atoms with van der Waals surface area (Å²) in [6.45, 7) is 13.0. The monoisotopic (exact) mass is 371 g/mol. The SMILES string of the molecule is Cc1ccccc1C(=O)N1CCCN(Cc2csc(C(C)(C)C)n2)CC1. The second-order valence-corrected chi connectivity index (χ2v) is 8.99. The Morgan fingerprint density at radius 1 is 1.15 bits per heavy atom. The summed E-state index contributed by atoms with van der Waals surface area (Å²) < 4.78 is 0. The molecular formula is C21H29N3OS. The number of rotatable bonds is 3. The van der Waals surface area contributed by atoms with Gasteiger partial charge in [0.1, 0.15) is 0 Å². The number of nitrogens with zero attached hydrogens (tertiary/aromatic N) is 3. The Balaban J connectivity index is 1.61. The molecule has 4 nitrogen and oxygen atoms in total. The molecule has 1 fully saturated rings. The average Bonchev–Trinajstić information content (AvgIpc) is 2.94. The van der Waals surface area contributed by atoms with E-state index in [0.717, 1.165) is 56.0 Å². The number of thiazole rings is 1. The zero-order valence-electron chi connectivity index (χ0n) is 16.3. The van der Waals surface area contributed by atoms with E-state index in [-0.39, 0.29) is 11.3 Å². The lowest BCUT2D eigenvalue weighted by atomic mass is 9.98. The molecule has 0 saturated carbocycles. The van der Waals surface area contributed by atoms with E-state index in [4.69, 9.17) is 4.98 Å². The molecule has 26 heavy (non-hydrogen) atoms. The number of aryl methyl sites for hydroxylation is 1. The molecule has 0 N–H and O–H groups in total. The maximum Gasteiger partial charge on any atom is 0.254 e. The van der Waals surface area contributed by atoms with Gasteiger partial charge in [-0.3, -0.25) is 9.69 Å². The van der Waals surface area contributed by atoms with Gasteiger partial charge in [0, 0.05) is 49.1 Å². The van der Waals surface area contributed by atoms with Gasteiger partial charge in [-0.1, -0.05) is 39.0 Å². The quantitative estimate of drug-likeness (QED) is 0.815. The summed E-state index contributed by atoms with van der Waals surface area (Å²) in [6, 6.07) is 7.87. The number of hydrogen-bond donors (Lipinski definition) is 0. The third kappa shape index (κ3) is 4.51. The van der Waals surface area contributed by atoms with E-state index >= 15 is 0 Å². The minimum Gasteiger partial charge on any atom is -0.337 e. The average molecular weight is 372 g/mol. The first-order valence-corrected chi connectivity index (χ1v) is 10.2. The Hall–Kier alpha value is -1.72. The molecule has 1 aromatic carbocycles. The van der Waals surface area contributed by atoms with Gasteiger partial charge in [-0.25, -0.2) is 4.98 Å². The fourth-order valence-electron chi connectivity index (χ4n) is 3.27. The van der Waals surface area contributed by atoms with Crippen LogP contribution in [-0.4, -0.2) is 46.9 Å². The van der Waals surface area contributed by atoms with Gasteiger partial charge in [-0.15, -0.1) is 11.3 Å². The van der Waals surface area contributed by atoms with E-state index in [9.17, 15) is 4.79 Å². The second-order valence-electron chi connectivity index (χ2n) is 8.13. The minimum atomic E-state index is 0.110. The van der Waals surface area contributed by atoms with Crippen molar-refractivity contribution in [3.05, 3.63) is 51.5 Å². The van der Waals surface area contributed by atoms with E-state index in [1.807, 2.05) is 36.1 Å². The largest absolute Gasteiger partial charge is 0.337 e. The number of hydrogen-bond acceptors (Lipinski definition) is 4. The van der Waals surface area contributed by atoms with E-state index in [1.165, 1.54) is 5.01 Å². The predicted octanol–water partition coefficient (Wildman–Crippen LogP) is 4.10. The van der Waals surface area contributed by atoms with Crippen LogP contribution in [-0.2, 0) is 12.0 Å². The molecule has 1 aliphatic rings. The molecule has 0 spiro atoms. The smallest absolute Gasteiger partial charge is 0.254 e. The second kappa shape index (κ2) is 7.89. The van der Waals surface area contributed by atoms with E-state index in [1.54, 1.807) is 11.3 Å². The van der Waals surface area contributed by atoms with Gasteiger partial charge >= 0.3 is 0 Å². The first-order valence-electron chi connectivity index (χ1n) is 9.37. The minimum absolute atomic E-state index is 0.110. The van der Waals surface area contributed by atoms with Crippen LogP contribution in [0.5, 0.6) is 0 Å². The molecule has 140 valence electrons. The molecule has 2 heterocycles. The molecule has 1 aromatic heterocycles. The Bertz CT molecular complexity index is 763. The molecule has 1 saturated heterocycles. The van der Waals surface area contributed by atoms with Crippen LogP contribution < -0.4 is 0 Å². The Labute approximate surface area is 160 Å². The Morgan fingerprint density at radius 2 is 1.92 bits per heavy atom. The number of aromatic nitrogens is 1. The maximum atomic E-state index is 12.8. The van der Waals surface area contributed by atoms with Crippen molar-refractivity contribution in [2.24, 2.45) is 0 Å². The molecule has 1 amide bonds. The van der Waals surface area contributed by atoms with Crippen LogP contribution in [0.1, 0.15) is 53.8 Å². The van der Waals surface area contributed by atoms with Crippen molar-refractivity contribution in [2.45, 2.75) is 46.1 Å². The predicted molar refractivity (Wildman–Crippen MR) is 108 cm³/mol. The molecule has 2 aromatic rings. The number of benzene rings is 1. The maximum absolute atomic E-state index is 12.8. The highest BCUT2D eigenvalue weighted by Crippen LogP contribution is 2.26. The van der Waals surface area contributed by atoms with E-state index in [2.05, 4.69) is 31.1 Å². The van der Waals surface area contributed by atoms with Crippen molar-refractivity contribution in [1.82, 2.24) is 14.8 Å².